The molecule has 14 heteroatoms. The molecule has 4 aromatic heterocycles. The van der Waals surface area contributed by atoms with Gasteiger partial charge < -0.3 is 48.5 Å². The Morgan fingerprint density at radius 2 is 0.417 bits per heavy atom. The van der Waals surface area contributed by atoms with Gasteiger partial charge in [-0.25, -0.2) is 19.2 Å². The van der Waals surface area contributed by atoms with Gasteiger partial charge in [0.25, 0.3) is 0 Å². The van der Waals surface area contributed by atoms with Crippen LogP contribution in [0.25, 0.3) is 132 Å². The Bertz CT molecular complexity index is 6720. The molecule has 0 aliphatic heterocycles. The second-order valence-corrected chi connectivity index (χ2v) is 27.0. The molecule has 108 heavy (non-hydrogen) atoms. The topological polar surface area (TPSA) is 175 Å². The summed E-state index contributed by atoms with van der Waals surface area (Å²) < 4.78 is 8.71. The van der Waals surface area contributed by atoms with E-state index in [-0.39, 0.29) is 22.3 Å². The van der Waals surface area contributed by atoms with Crippen LogP contribution in [0.4, 0.5) is 34.1 Å². The van der Waals surface area contributed by atoms with E-state index in [0.717, 1.165) is 166 Å². The van der Waals surface area contributed by atoms with Crippen LogP contribution in [-0.4, -0.2) is 62.6 Å². The molecule has 14 nitrogen and oxygen atoms in total. The van der Waals surface area contributed by atoms with Crippen molar-refractivity contribution < 1.29 is 39.6 Å². The van der Waals surface area contributed by atoms with Gasteiger partial charge >= 0.3 is 23.9 Å². The van der Waals surface area contributed by atoms with Crippen LogP contribution in [0.5, 0.6) is 0 Å². The predicted octanol–water partition coefficient (Wildman–Crippen LogP) is 23.1. The molecular formula is C94H60N6O8. The van der Waals surface area contributed by atoms with Crippen LogP contribution in [0.1, 0.15) is 41.4 Å². The summed E-state index contributed by atoms with van der Waals surface area (Å²) in [5.74, 6) is -3.99. The first-order chi connectivity index (χ1) is 52.8. The number of aromatic carboxylic acids is 4. The molecule has 0 saturated carbocycles. The van der Waals surface area contributed by atoms with Crippen molar-refractivity contribution in [3.8, 4) is 45.0 Å². The van der Waals surface area contributed by atoms with E-state index >= 15 is 0 Å². The summed E-state index contributed by atoms with van der Waals surface area (Å²) in [4.78, 5) is 52.9. The first kappa shape index (κ1) is 63.9. The van der Waals surface area contributed by atoms with Gasteiger partial charge in [-0.2, -0.15) is 0 Å². The van der Waals surface area contributed by atoms with Crippen molar-refractivity contribution in [1.82, 2.24) is 18.3 Å². The van der Waals surface area contributed by atoms with Crippen molar-refractivity contribution in [2.24, 2.45) is 0 Å². The average Bonchev–Trinajstić information content (AvgIpc) is 1.59. The van der Waals surface area contributed by atoms with Crippen LogP contribution in [-0.2, 0) is 0 Å². The maximum atomic E-state index is 12.3. The molecule has 0 spiro atoms. The lowest BCUT2D eigenvalue weighted by Crippen LogP contribution is -2.10. The number of carbonyl (C=O) groups is 4. The van der Waals surface area contributed by atoms with Crippen LogP contribution >= 0.6 is 0 Å². The zero-order valence-corrected chi connectivity index (χ0v) is 57.4. The summed E-state index contributed by atoms with van der Waals surface area (Å²) in [6.45, 7) is 0. The van der Waals surface area contributed by atoms with E-state index in [1.54, 1.807) is 48.5 Å². The smallest absolute Gasteiger partial charge is 0.335 e. The summed E-state index contributed by atoms with van der Waals surface area (Å²) in [6.07, 6.45) is 0. The van der Waals surface area contributed by atoms with Crippen LogP contribution in [0.15, 0.2) is 340 Å². The molecule has 19 aromatic rings. The highest BCUT2D eigenvalue weighted by atomic mass is 16.4. The minimum atomic E-state index is -1.01. The molecule has 19 rings (SSSR count). The molecule has 4 N–H and O–H groups in total. The van der Waals surface area contributed by atoms with Gasteiger partial charge in [0.05, 0.1) is 66.4 Å². The van der Waals surface area contributed by atoms with E-state index in [2.05, 4.69) is 216 Å². The largest absolute Gasteiger partial charge is 0.478 e. The minimum absolute atomic E-state index is 0.182. The first-order valence-electron chi connectivity index (χ1n) is 35.2. The number of fused-ring (bicyclic) bond motifs is 12. The van der Waals surface area contributed by atoms with Gasteiger partial charge in [-0.05, 0) is 247 Å². The number of anilines is 6. The number of aromatic nitrogens is 4. The normalized spacial score (nSPS) is 11.6. The highest BCUT2D eigenvalue weighted by Gasteiger charge is 2.25. The molecule has 0 radical (unpaired) electrons. The fraction of sp³-hybridized carbons (Fsp3) is 0. The highest BCUT2D eigenvalue weighted by molar-refractivity contribution is 6.16. The van der Waals surface area contributed by atoms with Crippen LogP contribution < -0.4 is 9.80 Å². The van der Waals surface area contributed by atoms with Crippen molar-refractivity contribution in [3.05, 3.63) is 362 Å². The summed E-state index contributed by atoms with van der Waals surface area (Å²) >= 11 is 0. The second kappa shape index (κ2) is 25.4. The Morgan fingerprint density at radius 1 is 0.194 bits per heavy atom. The third-order valence-corrected chi connectivity index (χ3v) is 20.9. The van der Waals surface area contributed by atoms with Gasteiger partial charge in [0.2, 0.25) is 0 Å². The first-order valence-corrected chi connectivity index (χ1v) is 35.2. The molecular weight excluding hydrogens is 1340 g/mol. The number of para-hydroxylation sites is 3. The summed E-state index contributed by atoms with van der Waals surface area (Å²) in [7, 11) is 0. The van der Waals surface area contributed by atoms with Gasteiger partial charge in [0, 0.05) is 100.0 Å². The summed E-state index contributed by atoms with van der Waals surface area (Å²) in [5.41, 5.74) is 21.2. The predicted molar refractivity (Wildman–Crippen MR) is 432 cm³/mol. The Hall–Kier alpha value is -15.0. The van der Waals surface area contributed by atoms with E-state index in [9.17, 15) is 39.6 Å². The molecule has 0 bridgehead atoms. The monoisotopic (exact) mass is 1400 g/mol. The fourth-order valence-electron chi connectivity index (χ4n) is 15.9. The molecule has 0 unspecified atom stereocenters. The number of nitrogens with zero attached hydrogens (tertiary/aromatic N) is 6. The van der Waals surface area contributed by atoms with Gasteiger partial charge in [-0.1, -0.05) is 115 Å². The molecule has 15 aromatic carbocycles. The standard InChI is InChI=1S/C94H60N6O8/c101-91(102)60-22-35-67(36-23-60)97-83-15-7-4-12-75(83)79-53-71(43-48-87(79)97)95(72-44-49-88-80(54-72)76-13-5-8-16-84(76)98(88)68-37-24-61(25-38-68)92(103)104)66-33-20-59(21-34-66)64-30-47-86-78(52-64)82-56-74(46-51-90(82)100(86)70-41-28-63(29-42-70)94(107)108)96(65-31-18-58(19-32-65)57-10-2-1-3-11-57)73-45-50-89-81(55-73)77-14-6-9-17-85(77)99(89)69-39-26-62(27-40-69)93(105)106/h1-56H,(H,101,102)(H,103,104)(H,105,106)(H,107,108). The van der Waals surface area contributed by atoms with E-state index in [4.69, 9.17) is 0 Å². The molecule has 0 aliphatic carbocycles. The van der Waals surface area contributed by atoms with E-state index in [1.165, 1.54) is 0 Å². The minimum Gasteiger partial charge on any atom is -0.478 e. The quantitative estimate of drug-likeness (QED) is 0.0729. The van der Waals surface area contributed by atoms with Crippen molar-refractivity contribution >= 4 is 145 Å². The molecule has 0 saturated heterocycles. The Kier molecular flexibility index (Phi) is 15.0. The molecule has 0 atom stereocenters. The highest BCUT2D eigenvalue weighted by Crippen LogP contribution is 2.47. The zero-order valence-electron chi connectivity index (χ0n) is 57.4. The van der Waals surface area contributed by atoms with Crippen molar-refractivity contribution in [2.75, 3.05) is 9.80 Å². The van der Waals surface area contributed by atoms with Gasteiger partial charge in [-0.3, -0.25) is 0 Å². The van der Waals surface area contributed by atoms with Crippen molar-refractivity contribution in [2.45, 2.75) is 0 Å². The fourth-order valence-corrected chi connectivity index (χ4v) is 15.9. The van der Waals surface area contributed by atoms with Crippen molar-refractivity contribution in [1.29, 1.82) is 0 Å². The number of carboxylic acid groups (broad SMARTS) is 4. The van der Waals surface area contributed by atoms with Crippen LogP contribution in [0.3, 0.4) is 0 Å². The third kappa shape index (κ3) is 10.7. The van der Waals surface area contributed by atoms with Gasteiger partial charge in [-0.15, -0.1) is 0 Å². The maximum absolute atomic E-state index is 12.3. The average molecular weight is 1400 g/mol. The van der Waals surface area contributed by atoms with Gasteiger partial charge in [0.15, 0.2) is 0 Å². The number of hydrogen-bond acceptors (Lipinski definition) is 6. The molecule has 0 fully saturated rings. The lowest BCUT2D eigenvalue weighted by atomic mass is 10.0. The molecule has 514 valence electrons. The molecule has 0 amide bonds. The number of benzene rings is 15. The Labute approximate surface area is 616 Å². The van der Waals surface area contributed by atoms with E-state index < -0.39 is 23.9 Å². The lowest BCUT2D eigenvalue weighted by molar-refractivity contribution is 0.0686. The lowest BCUT2D eigenvalue weighted by Gasteiger charge is -2.26. The Balaban J connectivity index is 0.770. The second-order valence-electron chi connectivity index (χ2n) is 27.0. The van der Waals surface area contributed by atoms with Crippen LogP contribution in [0, 0.1) is 0 Å². The SMILES string of the molecule is O=C(O)c1ccc(-n2c3ccccc3c3cc(N(c4ccc(-c5ccc6c(c5)c5cc(N(c7ccc(-c8ccccc8)cc7)c7ccc8c(c7)c7ccccc7n8-c7ccc(C(=O)O)cc7)ccc5n6-c5ccc(C(=O)O)cc5)cc4)c4ccc5c(c4)c4ccccc4n5-c4ccc(C(=O)O)cc4)ccc32)cc1. The molecule has 4 heterocycles. The van der Waals surface area contributed by atoms with E-state index in [1.807, 2.05) is 103 Å². The number of rotatable bonds is 16. The third-order valence-electron chi connectivity index (χ3n) is 20.9. The van der Waals surface area contributed by atoms with Crippen LogP contribution in [0.2, 0.25) is 0 Å². The Morgan fingerprint density at radius 3 is 0.722 bits per heavy atom. The zero-order chi connectivity index (χ0) is 73.0. The maximum Gasteiger partial charge on any atom is 0.335 e. The summed E-state index contributed by atoms with van der Waals surface area (Å²) in [5, 5.41) is 47.6. The number of hydrogen-bond donors (Lipinski definition) is 4. The number of carboxylic acids is 4. The summed E-state index contributed by atoms with van der Waals surface area (Å²) in [6, 6.07) is 113. The molecule has 0 aliphatic rings. The van der Waals surface area contributed by atoms with Crippen molar-refractivity contribution in [3.63, 3.8) is 0 Å². The van der Waals surface area contributed by atoms with Gasteiger partial charge in [0.1, 0.15) is 0 Å². The van der Waals surface area contributed by atoms with E-state index in [0.29, 0.717) is 0 Å².